The van der Waals surface area contributed by atoms with Gasteiger partial charge in [0.2, 0.25) is 0 Å². The highest BCUT2D eigenvalue weighted by Crippen LogP contribution is 2.36. The Balaban J connectivity index is 1.91. The highest BCUT2D eigenvalue weighted by molar-refractivity contribution is 5.98. The van der Waals surface area contributed by atoms with Crippen molar-refractivity contribution >= 4 is 17.3 Å². The Morgan fingerprint density at radius 2 is 1.93 bits per heavy atom. The molecule has 0 aromatic heterocycles. The summed E-state index contributed by atoms with van der Waals surface area (Å²) >= 11 is 0. The van der Waals surface area contributed by atoms with E-state index in [9.17, 15) is 9.90 Å². The lowest BCUT2D eigenvalue weighted by molar-refractivity contribution is -0.138. The van der Waals surface area contributed by atoms with Crippen molar-refractivity contribution in [2.45, 2.75) is 39.4 Å². The van der Waals surface area contributed by atoms with Crippen LogP contribution >= 0.6 is 0 Å². The van der Waals surface area contributed by atoms with Gasteiger partial charge >= 0.3 is 0 Å². The Morgan fingerprint density at radius 1 is 1.22 bits per heavy atom. The lowest BCUT2D eigenvalue weighted by atomic mass is 9.77. The smallest absolute Gasteiger partial charge is 0.260 e. The first-order valence-electron chi connectivity index (χ1n) is 8.98. The van der Waals surface area contributed by atoms with Gasteiger partial charge in [0.25, 0.3) is 5.91 Å². The number of anilines is 1. The molecule has 3 rings (SSSR count). The first-order chi connectivity index (χ1) is 12.7. The van der Waals surface area contributed by atoms with Gasteiger partial charge in [-0.15, -0.1) is 0 Å². The van der Waals surface area contributed by atoms with Gasteiger partial charge in [-0.25, -0.2) is 0 Å². The zero-order valence-corrected chi connectivity index (χ0v) is 16.0. The van der Waals surface area contributed by atoms with E-state index in [1.54, 1.807) is 18.2 Å². The summed E-state index contributed by atoms with van der Waals surface area (Å²) < 4.78 is 0. The van der Waals surface area contributed by atoms with Gasteiger partial charge in [-0.2, -0.15) is 0 Å². The van der Waals surface area contributed by atoms with Crippen molar-refractivity contribution in [1.29, 1.82) is 0 Å². The number of nitrogens with one attached hydrogen (secondary N) is 2. The molecule has 0 aliphatic carbocycles. The molecule has 27 heavy (non-hydrogen) atoms. The number of rotatable bonds is 4. The first-order valence-corrected chi connectivity index (χ1v) is 8.98. The maximum Gasteiger partial charge on any atom is 0.260 e. The van der Waals surface area contributed by atoms with Gasteiger partial charge < -0.3 is 10.4 Å². The summed E-state index contributed by atoms with van der Waals surface area (Å²) in [6, 6.07) is 14.6. The molecule has 0 saturated heterocycles. The predicted octanol–water partition coefficient (Wildman–Crippen LogP) is 3.95. The molecule has 0 spiro atoms. The zero-order valence-electron chi connectivity index (χ0n) is 16.0. The predicted molar refractivity (Wildman–Crippen MR) is 106 cm³/mol. The van der Waals surface area contributed by atoms with Crippen LogP contribution in [0.4, 0.5) is 5.69 Å². The van der Waals surface area contributed by atoms with E-state index in [0.29, 0.717) is 30.0 Å². The molecule has 5 nitrogen and oxygen atoms in total. The SMILES string of the molecule is C=C1NOCc2ccc(NC(=O)C(O)(CC(C)(C)C)c3ccccc3)cc21. The van der Waals surface area contributed by atoms with Crippen molar-refractivity contribution in [1.82, 2.24) is 5.48 Å². The minimum absolute atomic E-state index is 0.243. The van der Waals surface area contributed by atoms with Crippen LogP contribution in [0, 0.1) is 5.41 Å². The average Bonchev–Trinajstić information content (AvgIpc) is 2.61. The maximum atomic E-state index is 13.1. The molecule has 1 aliphatic rings. The molecular weight excluding hydrogens is 340 g/mol. The van der Waals surface area contributed by atoms with Crippen LogP contribution in [0.2, 0.25) is 0 Å². The normalized spacial score (nSPS) is 16.1. The molecule has 0 saturated carbocycles. The highest BCUT2D eigenvalue weighted by atomic mass is 16.6. The van der Waals surface area contributed by atoms with E-state index in [1.807, 2.05) is 51.1 Å². The van der Waals surface area contributed by atoms with Crippen molar-refractivity contribution < 1.29 is 14.7 Å². The second-order valence-corrected chi connectivity index (χ2v) is 8.16. The third-order valence-corrected chi connectivity index (χ3v) is 4.53. The summed E-state index contributed by atoms with van der Waals surface area (Å²) in [7, 11) is 0. The van der Waals surface area contributed by atoms with Crippen molar-refractivity contribution in [2.75, 3.05) is 5.32 Å². The summed E-state index contributed by atoms with van der Waals surface area (Å²) in [5.41, 5.74) is 4.57. The van der Waals surface area contributed by atoms with Gasteiger partial charge in [0.15, 0.2) is 5.60 Å². The van der Waals surface area contributed by atoms with Gasteiger partial charge in [-0.1, -0.05) is 63.7 Å². The second kappa shape index (κ2) is 7.18. The lowest BCUT2D eigenvalue weighted by Gasteiger charge is -2.33. The van der Waals surface area contributed by atoms with Crippen molar-refractivity contribution in [3.8, 4) is 0 Å². The fourth-order valence-electron chi connectivity index (χ4n) is 3.35. The number of carbonyl (C=O) groups excluding carboxylic acids is 1. The van der Waals surface area contributed by atoms with Crippen LogP contribution in [0.3, 0.4) is 0 Å². The molecule has 1 atom stereocenters. The van der Waals surface area contributed by atoms with Crippen LogP contribution in [-0.2, 0) is 21.8 Å². The Hall–Kier alpha value is -2.63. The monoisotopic (exact) mass is 366 g/mol. The molecule has 0 bridgehead atoms. The lowest BCUT2D eigenvalue weighted by Crippen LogP contribution is -2.43. The van der Waals surface area contributed by atoms with E-state index in [2.05, 4.69) is 17.4 Å². The summed E-state index contributed by atoms with van der Waals surface area (Å²) in [6.07, 6.45) is 0.295. The van der Waals surface area contributed by atoms with Crippen LogP contribution in [0.25, 0.3) is 5.70 Å². The maximum absolute atomic E-state index is 13.1. The third-order valence-electron chi connectivity index (χ3n) is 4.53. The van der Waals surface area contributed by atoms with E-state index < -0.39 is 11.5 Å². The number of amides is 1. The summed E-state index contributed by atoms with van der Waals surface area (Å²) in [5, 5.41) is 14.3. The van der Waals surface area contributed by atoms with Crippen molar-refractivity contribution in [3.63, 3.8) is 0 Å². The Kier molecular flexibility index (Phi) is 5.09. The largest absolute Gasteiger partial charge is 0.375 e. The fraction of sp³-hybridized carbons (Fsp3) is 0.318. The molecule has 1 aliphatic heterocycles. The molecule has 1 heterocycles. The first kappa shape index (κ1) is 19.1. The molecule has 0 radical (unpaired) electrons. The summed E-state index contributed by atoms with van der Waals surface area (Å²) in [5.74, 6) is -0.450. The van der Waals surface area contributed by atoms with Gasteiger partial charge in [0.05, 0.1) is 5.70 Å². The van der Waals surface area contributed by atoms with Crippen molar-refractivity contribution in [2.24, 2.45) is 5.41 Å². The zero-order chi connectivity index (χ0) is 19.7. The molecule has 2 aromatic rings. The second-order valence-electron chi connectivity index (χ2n) is 8.16. The number of aliphatic hydroxyl groups is 1. The van der Waals surface area contributed by atoms with Gasteiger partial charge in [0, 0.05) is 11.3 Å². The van der Waals surface area contributed by atoms with E-state index in [1.165, 1.54) is 0 Å². The Bertz CT molecular complexity index is 856. The molecule has 3 N–H and O–H groups in total. The quantitative estimate of drug-likeness (QED) is 0.766. The number of benzene rings is 2. The molecule has 0 fully saturated rings. The van der Waals surface area contributed by atoms with Crippen LogP contribution in [0.1, 0.15) is 43.9 Å². The van der Waals surface area contributed by atoms with Crippen LogP contribution in [0.5, 0.6) is 0 Å². The van der Waals surface area contributed by atoms with Crippen LogP contribution < -0.4 is 10.8 Å². The summed E-state index contributed by atoms with van der Waals surface area (Å²) in [6.45, 7) is 10.4. The molecule has 2 aromatic carbocycles. The van der Waals surface area contributed by atoms with E-state index in [-0.39, 0.29) is 5.41 Å². The van der Waals surface area contributed by atoms with Crippen LogP contribution in [-0.4, -0.2) is 11.0 Å². The van der Waals surface area contributed by atoms with Gasteiger partial charge in [-0.05, 0) is 35.1 Å². The molecule has 5 heteroatoms. The highest BCUT2D eigenvalue weighted by Gasteiger charge is 2.41. The Morgan fingerprint density at radius 3 is 2.59 bits per heavy atom. The van der Waals surface area contributed by atoms with E-state index in [0.717, 1.165) is 11.1 Å². The number of hydroxylamine groups is 1. The number of fused-ring (bicyclic) bond motifs is 1. The summed E-state index contributed by atoms with van der Waals surface area (Å²) in [4.78, 5) is 18.4. The Labute approximate surface area is 160 Å². The van der Waals surface area contributed by atoms with Gasteiger partial charge in [-0.3, -0.25) is 15.1 Å². The minimum atomic E-state index is -1.63. The standard InChI is InChI=1S/C22H26N2O3/c1-15-19-12-18(11-10-16(19)13-27-24-15)23-20(25)22(26,14-21(2,3)4)17-8-6-5-7-9-17/h5-12,24,26H,1,13-14H2,2-4H3,(H,23,25). The van der Waals surface area contributed by atoms with E-state index >= 15 is 0 Å². The molecular formula is C22H26N2O3. The average molecular weight is 366 g/mol. The van der Waals surface area contributed by atoms with E-state index in [4.69, 9.17) is 4.84 Å². The molecule has 1 amide bonds. The number of hydrogen-bond donors (Lipinski definition) is 3. The van der Waals surface area contributed by atoms with Crippen molar-refractivity contribution in [3.05, 3.63) is 71.8 Å². The third kappa shape index (κ3) is 4.21. The topological polar surface area (TPSA) is 70.6 Å². The molecule has 142 valence electrons. The number of carbonyl (C=O) groups is 1. The molecule has 1 unspecified atom stereocenters. The fourth-order valence-corrected chi connectivity index (χ4v) is 3.35. The van der Waals surface area contributed by atoms with Crippen LogP contribution in [0.15, 0.2) is 55.1 Å². The minimum Gasteiger partial charge on any atom is -0.375 e. The number of hydrogen-bond acceptors (Lipinski definition) is 4. The van der Waals surface area contributed by atoms with Gasteiger partial charge in [0.1, 0.15) is 6.61 Å².